The molecule has 128 valence electrons. The predicted octanol–water partition coefficient (Wildman–Crippen LogP) is 2.71. The van der Waals surface area contributed by atoms with E-state index in [0.717, 1.165) is 11.3 Å². The summed E-state index contributed by atoms with van der Waals surface area (Å²) >= 11 is 0. The Balaban J connectivity index is 1.76. The van der Waals surface area contributed by atoms with Crippen LogP contribution in [0, 0.1) is 0 Å². The summed E-state index contributed by atoms with van der Waals surface area (Å²) in [5.74, 6) is -0.0695. The Kier molecular flexibility index (Phi) is 3.12. The van der Waals surface area contributed by atoms with E-state index < -0.39 is 6.04 Å². The number of hydrogen-bond acceptors (Lipinski definition) is 4. The molecule has 0 bridgehead atoms. The number of H-pyrrole nitrogens is 1. The largest absolute Gasteiger partial charge is 0.269 e. The zero-order valence-corrected chi connectivity index (χ0v) is 14.6. The van der Waals surface area contributed by atoms with Crippen molar-refractivity contribution in [3.63, 3.8) is 0 Å². The molecule has 1 N–H and O–H groups in total. The second kappa shape index (κ2) is 5.02. The van der Waals surface area contributed by atoms with Gasteiger partial charge in [0.1, 0.15) is 0 Å². The van der Waals surface area contributed by atoms with Crippen LogP contribution in [0.3, 0.4) is 0 Å². The minimum atomic E-state index is -0.533. The molecular weight excluding hydrogens is 318 g/mol. The number of nitrogens with one attached hydrogen (secondary N) is 1. The van der Waals surface area contributed by atoms with E-state index >= 15 is 0 Å². The SMILES string of the molecule is CC(c1n[nH]c2cc(C(C)(C)C)nn12)N1C(=O)c2ccccc2C1=O. The molecule has 0 spiro atoms. The predicted molar refractivity (Wildman–Crippen MR) is 91.4 cm³/mol. The summed E-state index contributed by atoms with van der Waals surface area (Å²) in [6.45, 7) is 8.02. The van der Waals surface area contributed by atoms with E-state index in [4.69, 9.17) is 0 Å². The molecule has 1 atom stereocenters. The molecule has 1 aromatic carbocycles. The lowest BCUT2D eigenvalue weighted by Crippen LogP contribution is -2.33. The van der Waals surface area contributed by atoms with E-state index in [-0.39, 0.29) is 17.2 Å². The van der Waals surface area contributed by atoms with Crippen molar-refractivity contribution in [3.05, 3.63) is 53.0 Å². The zero-order chi connectivity index (χ0) is 17.9. The van der Waals surface area contributed by atoms with Crippen molar-refractivity contribution in [1.29, 1.82) is 0 Å². The summed E-state index contributed by atoms with van der Waals surface area (Å²) in [5, 5.41) is 11.8. The fourth-order valence-corrected chi connectivity index (χ4v) is 3.11. The Bertz CT molecular complexity index is 973. The first-order valence-electron chi connectivity index (χ1n) is 8.20. The Morgan fingerprint density at radius 2 is 1.68 bits per heavy atom. The highest BCUT2D eigenvalue weighted by Crippen LogP contribution is 2.31. The van der Waals surface area contributed by atoms with E-state index in [9.17, 15) is 9.59 Å². The number of nitrogens with zero attached hydrogens (tertiary/aromatic N) is 4. The van der Waals surface area contributed by atoms with Gasteiger partial charge in [0.25, 0.3) is 11.8 Å². The van der Waals surface area contributed by atoms with Crippen molar-refractivity contribution in [2.45, 2.75) is 39.2 Å². The van der Waals surface area contributed by atoms with Gasteiger partial charge in [0.05, 0.1) is 22.9 Å². The molecule has 7 nitrogen and oxygen atoms in total. The molecule has 2 aromatic heterocycles. The van der Waals surface area contributed by atoms with Crippen molar-refractivity contribution >= 4 is 17.5 Å². The number of amides is 2. The van der Waals surface area contributed by atoms with Crippen molar-refractivity contribution in [2.75, 3.05) is 0 Å². The van der Waals surface area contributed by atoms with Gasteiger partial charge in [0, 0.05) is 11.5 Å². The first-order chi connectivity index (χ1) is 11.8. The van der Waals surface area contributed by atoms with Gasteiger partial charge in [0.15, 0.2) is 11.5 Å². The lowest BCUT2D eigenvalue weighted by molar-refractivity contribution is 0.0587. The Morgan fingerprint density at radius 1 is 1.08 bits per heavy atom. The van der Waals surface area contributed by atoms with Gasteiger partial charge >= 0.3 is 0 Å². The van der Waals surface area contributed by atoms with Crippen molar-refractivity contribution < 1.29 is 9.59 Å². The van der Waals surface area contributed by atoms with Gasteiger partial charge in [-0.2, -0.15) is 14.7 Å². The van der Waals surface area contributed by atoms with Crippen LogP contribution < -0.4 is 0 Å². The molecule has 1 unspecified atom stereocenters. The maximum absolute atomic E-state index is 12.7. The smallest absolute Gasteiger partial charge is 0.262 e. The summed E-state index contributed by atoms with van der Waals surface area (Å²) in [6.07, 6.45) is 0. The van der Waals surface area contributed by atoms with Crippen molar-refractivity contribution in [1.82, 2.24) is 24.7 Å². The average molecular weight is 337 g/mol. The minimum Gasteiger partial charge on any atom is -0.269 e. The highest BCUT2D eigenvalue weighted by atomic mass is 16.2. The fraction of sp³-hybridized carbons (Fsp3) is 0.333. The third-order valence-electron chi connectivity index (χ3n) is 4.57. The number of carbonyl (C=O) groups is 2. The summed E-state index contributed by atoms with van der Waals surface area (Å²) < 4.78 is 1.68. The second-order valence-electron chi connectivity index (χ2n) is 7.36. The topological polar surface area (TPSA) is 83.4 Å². The van der Waals surface area contributed by atoms with Gasteiger partial charge in [-0.15, -0.1) is 0 Å². The van der Waals surface area contributed by atoms with Gasteiger partial charge in [-0.05, 0) is 19.1 Å². The van der Waals surface area contributed by atoms with Crippen LogP contribution in [0.5, 0.6) is 0 Å². The zero-order valence-electron chi connectivity index (χ0n) is 14.6. The normalized spacial score (nSPS) is 15.9. The number of imide groups is 1. The molecule has 1 aliphatic heterocycles. The van der Waals surface area contributed by atoms with Gasteiger partial charge in [-0.1, -0.05) is 32.9 Å². The number of rotatable bonds is 2. The highest BCUT2D eigenvalue weighted by molar-refractivity contribution is 6.21. The minimum absolute atomic E-state index is 0.108. The summed E-state index contributed by atoms with van der Waals surface area (Å²) in [5.41, 5.74) is 2.41. The Labute approximate surface area is 144 Å². The second-order valence-corrected chi connectivity index (χ2v) is 7.36. The van der Waals surface area contributed by atoms with Gasteiger partial charge in [-0.25, -0.2) is 0 Å². The van der Waals surface area contributed by atoms with Crippen LogP contribution in [-0.2, 0) is 5.41 Å². The maximum atomic E-state index is 12.7. The van der Waals surface area contributed by atoms with Crippen LogP contribution in [-0.4, -0.2) is 36.5 Å². The Morgan fingerprint density at radius 3 is 2.24 bits per heavy atom. The fourth-order valence-electron chi connectivity index (χ4n) is 3.11. The molecule has 0 aliphatic carbocycles. The molecule has 0 saturated heterocycles. The molecule has 25 heavy (non-hydrogen) atoms. The third kappa shape index (κ3) is 2.19. The number of benzene rings is 1. The highest BCUT2D eigenvalue weighted by Gasteiger charge is 2.40. The molecule has 1 aliphatic rings. The van der Waals surface area contributed by atoms with Crippen molar-refractivity contribution in [2.24, 2.45) is 0 Å². The molecule has 0 saturated carbocycles. The molecular formula is C18H19N5O2. The molecule has 3 aromatic rings. The van der Waals surface area contributed by atoms with E-state index in [1.807, 2.05) is 6.07 Å². The van der Waals surface area contributed by atoms with E-state index in [1.54, 1.807) is 35.7 Å². The average Bonchev–Trinajstić information content (AvgIpc) is 3.20. The van der Waals surface area contributed by atoms with E-state index in [2.05, 4.69) is 36.1 Å². The van der Waals surface area contributed by atoms with Gasteiger partial charge < -0.3 is 0 Å². The number of aromatic nitrogens is 4. The van der Waals surface area contributed by atoms with Crippen LogP contribution in [0.15, 0.2) is 30.3 Å². The third-order valence-corrected chi connectivity index (χ3v) is 4.57. The van der Waals surface area contributed by atoms with Crippen LogP contribution >= 0.6 is 0 Å². The Hall–Kier alpha value is -2.96. The van der Waals surface area contributed by atoms with Crippen LogP contribution in [0.1, 0.15) is 66.0 Å². The molecule has 2 amide bonds. The molecule has 3 heterocycles. The summed E-state index contributed by atoms with van der Waals surface area (Å²) in [7, 11) is 0. The van der Waals surface area contributed by atoms with E-state index in [0.29, 0.717) is 17.0 Å². The number of aromatic amines is 1. The molecule has 0 radical (unpaired) electrons. The summed E-state index contributed by atoms with van der Waals surface area (Å²) in [4.78, 5) is 26.6. The first-order valence-corrected chi connectivity index (χ1v) is 8.20. The molecule has 0 fully saturated rings. The monoisotopic (exact) mass is 337 g/mol. The first kappa shape index (κ1) is 15.6. The standard InChI is InChI=1S/C18H19N5O2/c1-10(22-16(24)11-7-5-6-8-12(11)17(22)25)15-20-19-14-9-13(18(2,3)4)21-23(14)15/h5-10,19H,1-4H3. The van der Waals surface area contributed by atoms with Gasteiger partial charge in [-0.3, -0.25) is 19.6 Å². The maximum Gasteiger partial charge on any atom is 0.262 e. The summed E-state index contributed by atoms with van der Waals surface area (Å²) in [6, 6.07) is 8.27. The van der Waals surface area contributed by atoms with Crippen LogP contribution in [0.25, 0.3) is 5.65 Å². The lowest BCUT2D eigenvalue weighted by atomic mass is 9.93. The number of carbonyl (C=O) groups excluding carboxylic acids is 2. The van der Waals surface area contributed by atoms with Crippen molar-refractivity contribution in [3.8, 4) is 0 Å². The lowest BCUT2D eigenvalue weighted by Gasteiger charge is -2.20. The van der Waals surface area contributed by atoms with Crippen LogP contribution in [0.2, 0.25) is 0 Å². The molecule has 4 rings (SSSR count). The van der Waals surface area contributed by atoms with Crippen LogP contribution in [0.4, 0.5) is 0 Å². The van der Waals surface area contributed by atoms with Gasteiger partial charge in [0.2, 0.25) is 0 Å². The van der Waals surface area contributed by atoms with E-state index in [1.165, 1.54) is 4.90 Å². The molecule has 7 heteroatoms. The number of hydrogen-bond donors (Lipinski definition) is 1. The number of fused-ring (bicyclic) bond motifs is 2. The quantitative estimate of drug-likeness (QED) is 0.729.